The Morgan fingerprint density at radius 1 is 1.06 bits per heavy atom. The van der Waals surface area contributed by atoms with E-state index in [4.69, 9.17) is 16.3 Å². The number of benzene rings is 2. The standard InChI is InChI=1S/C25H22ClN3O4/c1-25(17-7-3-2-4-8-17)19-10-9-18(26)15-21(19)33-14-6-5-12-27-16-29(25)28-13-11-20(30)23(31)22(28)24(27)32/h2-11,13,15,31H,12,14,16H2,1H3/b6-5-/t25-/m1/s1. The maximum atomic E-state index is 13.3. The summed E-state index contributed by atoms with van der Waals surface area (Å²) in [4.78, 5) is 27.1. The molecule has 0 radical (unpaired) electrons. The number of carbonyl (C=O) groups is 1. The van der Waals surface area contributed by atoms with Crippen LogP contribution in [0.5, 0.6) is 11.5 Å². The van der Waals surface area contributed by atoms with Gasteiger partial charge >= 0.3 is 0 Å². The van der Waals surface area contributed by atoms with Crippen molar-refractivity contribution in [1.29, 1.82) is 0 Å². The molecule has 33 heavy (non-hydrogen) atoms. The molecule has 2 aliphatic heterocycles. The predicted molar refractivity (Wildman–Crippen MR) is 125 cm³/mol. The lowest BCUT2D eigenvalue weighted by molar-refractivity contribution is 0.0685. The molecule has 0 spiro atoms. The maximum absolute atomic E-state index is 13.3. The molecule has 2 aliphatic rings. The summed E-state index contributed by atoms with van der Waals surface area (Å²) in [6.07, 6.45) is 5.19. The highest BCUT2D eigenvalue weighted by molar-refractivity contribution is 6.30. The van der Waals surface area contributed by atoms with Gasteiger partial charge in [-0.3, -0.25) is 19.3 Å². The summed E-state index contributed by atoms with van der Waals surface area (Å²) in [6, 6.07) is 16.6. The Kier molecular flexibility index (Phi) is 5.13. The first-order chi connectivity index (χ1) is 15.9. The van der Waals surface area contributed by atoms with Crippen molar-refractivity contribution in [2.45, 2.75) is 12.5 Å². The number of rotatable bonds is 1. The Balaban J connectivity index is 1.86. The van der Waals surface area contributed by atoms with E-state index in [-0.39, 0.29) is 12.4 Å². The highest BCUT2D eigenvalue weighted by Crippen LogP contribution is 2.42. The van der Waals surface area contributed by atoms with Gasteiger partial charge < -0.3 is 14.7 Å². The number of hydrogen-bond donors (Lipinski definition) is 1. The fourth-order valence-corrected chi connectivity index (χ4v) is 4.65. The van der Waals surface area contributed by atoms with Crippen molar-refractivity contribution in [3.63, 3.8) is 0 Å². The Hall–Kier alpha value is -3.71. The number of pyridine rings is 1. The van der Waals surface area contributed by atoms with Crippen LogP contribution in [-0.2, 0) is 5.54 Å². The fourth-order valence-electron chi connectivity index (χ4n) is 4.49. The SMILES string of the molecule is C[C@@]1(c2ccccc2)c2ccc(Cl)cc2OC/C=C\CN2CN1n1ccc(=O)c(O)c1C2=O. The van der Waals surface area contributed by atoms with Crippen LogP contribution < -0.4 is 15.2 Å². The van der Waals surface area contributed by atoms with Crippen molar-refractivity contribution >= 4 is 17.5 Å². The number of amides is 1. The Bertz CT molecular complexity index is 1320. The Morgan fingerprint density at radius 3 is 2.64 bits per heavy atom. The van der Waals surface area contributed by atoms with E-state index in [0.717, 1.165) is 11.1 Å². The van der Waals surface area contributed by atoms with Crippen molar-refractivity contribution < 1.29 is 14.6 Å². The van der Waals surface area contributed by atoms with Gasteiger partial charge in [-0.15, -0.1) is 0 Å². The van der Waals surface area contributed by atoms with Gasteiger partial charge in [0, 0.05) is 29.4 Å². The summed E-state index contributed by atoms with van der Waals surface area (Å²) in [5.41, 5.74) is 0.226. The second-order valence-corrected chi connectivity index (χ2v) is 8.59. The monoisotopic (exact) mass is 463 g/mol. The lowest BCUT2D eigenvalue weighted by Gasteiger charge is -2.49. The topological polar surface area (TPSA) is 75.0 Å². The lowest BCUT2D eigenvalue weighted by atomic mass is 9.83. The number of nitrogens with zero attached hydrogens (tertiary/aromatic N) is 3. The summed E-state index contributed by atoms with van der Waals surface area (Å²) in [6.45, 7) is 2.84. The molecule has 3 heterocycles. The van der Waals surface area contributed by atoms with Crippen molar-refractivity contribution in [3.05, 3.63) is 105 Å². The number of aromatic nitrogens is 1. The second kappa shape index (κ2) is 8.01. The van der Waals surface area contributed by atoms with Crippen LogP contribution in [-0.4, -0.2) is 40.4 Å². The van der Waals surface area contributed by atoms with Gasteiger partial charge in [0.1, 0.15) is 24.6 Å². The van der Waals surface area contributed by atoms with Gasteiger partial charge in [0.25, 0.3) is 5.91 Å². The predicted octanol–water partition coefficient (Wildman–Crippen LogP) is 3.47. The summed E-state index contributed by atoms with van der Waals surface area (Å²) < 4.78 is 7.69. The molecule has 3 aromatic rings. The minimum absolute atomic E-state index is 0.0695. The second-order valence-electron chi connectivity index (χ2n) is 8.15. The molecule has 0 aliphatic carbocycles. The van der Waals surface area contributed by atoms with Crippen LogP contribution >= 0.6 is 11.6 Å². The molecule has 1 aromatic heterocycles. The molecule has 2 bridgehead atoms. The molecule has 0 saturated heterocycles. The van der Waals surface area contributed by atoms with Gasteiger partial charge in [-0.25, -0.2) is 0 Å². The largest absolute Gasteiger partial charge is 0.502 e. The molecule has 0 saturated carbocycles. The average Bonchev–Trinajstić information content (AvgIpc) is 2.84. The van der Waals surface area contributed by atoms with Crippen LogP contribution in [0.1, 0.15) is 28.5 Å². The van der Waals surface area contributed by atoms with E-state index in [2.05, 4.69) is 0 Å². The number of hydrogen-bond acceptors (Lipinski definition) is 5. The highest BCUT2D eigenvalue weighted by Gasteiger charge is 2.44. The minimum Gasteiger partial charge on any atom is -0.502 e. The van der Waals surface area contributed by atoms with Crippen molar-refractivity contribution in [2.75, 3.05) is 24.8 Å². The van der Waals surface area contributed by atoms with Crippen molar-refractivity contribution in [2.24, 2.45) is 0 Å². The van der Waals surface area contributed by atoms with Crippen LogP contribution in [0.2, 0.25) is 5.02 Å². The first-order valence-electron chi connectivity index (χ1n) is 10.6. The molecule has 2 aromatic carbocycles. The van der Waals surface area contributed by atoms with Crippen LogP contribution in [0.25, 0.3) is 0 Å². The summed E-state index contributed by atoms with van der Waals surface area (Å²) in [5.74, 6) is -0.382. The number of carbonyl (C=O) groups excluding carboxylic acids is 1. The molecular formula is C25H22ClN3O4. The van der Waals surface area contributed by atoms with E-state index in [0.29, 0.717) is 23.9 Å². The average molecular weight is 464 g/mol. The zero-order valence-electron chi connectivity index (χ0n) is 17.9. The van der Waals surface area contributed by atoms with E-state index in [9.17, 15) is 14.7 Å². The molecule has 1 N–H and O–H groups in total. The van der Waals surface area contributed by atoms with E-state index in [1.54, 1.807) is 21.7 Å². The van der Waals surface area contributed by atoms with Crippen LogP contribution in [0.3, 0.4) is 0 Å². The molecule has 0 fully saturated rings. The third-order valence-corrected chi connectivity index (χ3v) is 6.49. The summed E-state index contributed by atoms with van der Waals surface area (Å²) >= 11 is 6.32. The van der Waals surface area contributed by atoms with Crippen molar-refractivity contribution in [3.8, 4) is 11.5 Å². The normalized spacial score (nSPS) is 20.8. The third kappa shape index (κ3) is 3.36. The maximum Gasteiger partial charge on any atom is 0.278 e. The molecule has 1 amide bonds. The number of aromatic hydroxyl groups is 1. The first-order valence-corrected chi connectivity index (χ1v) is 10.9. The number of ether oxygens (including phenoxy) is 1. The molecule has 0 unspecified atom stereocenters. The summed E-state index contributed by atoms with van der Waals surface area (Å²) in [5, 5.41) is 13.1. The fraction of sp³-hybridized carbons (Fsp3) is 0.200. The first kappa shape index (κ1) is 21.2. The number of halogens is 1. The number of fused-ring (bicyclic) bond motifs is 5. The summed E-state index contributed by atoms with van der Waals surface area (Å²) in [7, 11) is 0. The van der Waals surface area contributed by atoms with Gasteiger partial charge in [0.05, 0.1) is 0 Å². The van der Waals surface area contributed by atoms with Crippen LogP contribution in [0.15, 0.2) is 77.7 Å². The van der Waals surface area contributed by atoms with Gasteiger partial charge in [0.15, 0.2) is 11.4 Å². The Morgan fingerprint density at radius 2 is 1.85 bits per heavy atom. The molecule has 8 heteroatoms. The molecule has 168 valence electrons. The highest BCUT2D eigenvalue weighted by atomic mass is 35.5. The third-order valence-electron chi connectivity index (χ3n) is 6.26. The van der Waals surface area contributed by atoms with Crippen LogP contribution in [0.4, 0.5) is 0 Å². The zero-order valence-corrected chi connectivity index (χ0v) is 18.7. The zero-order chi connectivity index (χ0) is 23.2. The van der Waals surface area contributed by atoms with E-state index < -0.39 is 22.6 Å². The van der Waals surface area contributed by atoms with Gasteiger partial charge in [-0.2, -0.15) is 0 Å². The molecular weight excluding hydrogens is 442 g/mol. The molecule has 7 nitrogen and oxygen atoms in total. The smallest absolute Gasteiger partial charge is 0.278 e. The minimum atomic E-state index is -0.860. The van der Waals surface area contributed by atoms with E-state index in [1.807, 2.05) is 60.5 Å². The molecule has 1 atom stereocenters. The van der Waals surface area contributed by atoms with E-state index >= 15 is 0 Å². The quantitative estimate of drug-likeness (QED) is 0.559. The van der Waals surface area contributed by atoms with E-state index in [1.165, 1.54) is 12.3 Å². The Labute approximate surface area is 195 Å². The van der Waals surface area contributed by atoms with Crippen molar-refractivity contribution in [1.82, 2.24) is 9.58 Å². The van der Waals surface area contributed by atoms with Gasteiger partial charge in [-0.05, 0) is 30.7 Å². The molecule has 5 rings (SSSR count). The van der Waals surface area contributed by atoms with Gasteiger partial charge in [0.2, 0.25) is 5.43 Å². The van der Waals surface area contributed by atoms with Crippen LogP contribution in [0, 0.1) is 0 Å². The lowest BCUT2D eigenvalue weighted by Crippen LogP contribution is -2.61. The van der Waals surface area contributed by atoms with Gasteiger partial charge in [-0.1, -0.05) is 54.1 Å².